The molecular formula is C18H28N2O. The highest BCUT2D eigenvalue weighted by atomic mass is 16.5. The fraction of sp³-hybridized carbons (Fsp3) is 0.667. The first-order valence-corrected chi connectivity index (χ1v) is 8.44. The molecule has 3 heteroatoms. The van der Waals surface area contributed by atoms with Gasteiger partial charge in [-0.05, 0) is 57.7 Å². The maximum atomic E-state index is 5.79. The summed E-state index contributed by atoms with van der Waals surface area (Å²) in [6.07, 6.45) is 5.52. The van der Waals surface area contributed by atoms with Crippen molar-refractivity contribution in [3.63, 3.8) is 0 Å². The minimum absolute atomic E-state index is 0.400. The van der Waals surface area contributed by atoms with E-state index in [1.807, 2.05) is 0 Å². The Kier molecular flexibility index (Phi) is 4.81. The van der Waals surface area contributed by atoms with Crippen LogP contribution in [-0.4, -0.2) is 37.9 Å². The minimum Gasteiger partial charge on any atom is -0.375 e. The van der Waals surface area contributed by atoms with Gasteiger partial charge < -0.3 is 15.0 Å². The Morgan fingerprint density at radius 2 is 1.95 bits per heavy atom. The third-order valence-electron chi connectivity index (χ3n) is 4.72. The van der Waals surface area contributed by atoms with E-state index in [0.29, 0.717) is 18.2 Å². The quantitative estimate of drug-likeness (QED) is 0.843. The van der Waals surface area contributed by atoms with E-state index in [4.69, 9.17) is 4.74 Å². The predicted molar refractivity (Wildman–Crippen MR) is 88.0 cm³/mol. The number of ether oxygens (including phenoxy) is 1. The van der Waals surface area contributed by atoms with E-state index >= 15 is 0 Å². The Labute approximate surface area is 128 Å². The van der Waals surface area contributed by atoms with E-state index in [2.05, 4.69) is 48.3 Å². The maximum Gasteiger partial charge on any atom is 0.0565 e. The van der Waals surface area contributed by atoms with Gasteiger partial charge in [-0.25, -0.2) is 0 Å². The van der Waals surface area contributed by atoms with Crippen molar-refractivity contribution in [2.75, 3.05) is 24.5 Å². The summed E-state index contributed by atoms with van der Waals surface area (Å²) < 4.78 is 5.79. The van der Waals surface area contributed by atoms with Crippen LogP contribution in [0.5, 0.6) is 0 Å². The minimum atomic E-state index is 0.400. The fourth-order valence-electron chi connectivity index (χ4n) is 3.79. The lowest BCUT2D eigenvalue weighted by Gasteiger charge is -2.32. The molecule has 0 aromatic heterocycles. The van der Waals surface area contributed by atoms with E-state index < -0.39 is 0 Å². The number of hydrogen-bond acceptors (Lipinski definition) is 3. The summed E-state index contributed by atoms with van der Waals surface area (Å²) in [5.74, 6) is 0. The molecule has 0 amide bonds. The van der Waals surface area contributed by atoms with E-state index in [1.54, 1.807) is 0 Å². The zero-order valence-corrected chi connectivity index (χ0v) is 13.3. The molecule has 1 aromatic carbocycles. The zero-order chi connectivity index (χ0) is 14.7. The Balaban J connectivity index is 1.39. The van der Waals surface area contributed by atoms with Gasteiger partial charge in [0.25, 0.3) is 0 Å². The van der Waals surface area contributed by atoms with Crippen LogP contribution in [0.25, 0.3) is 0 Å². The first-order chi connectivity index (χ1) is 10.2. The van der Waals surface area contributed by atoms with E-state index in [1.165, 1.54) is 37.2 Å². The number of para-hydroxylation sites is 1. The topological polar surface area (TPSA) is 24.5 Å². The lowest BCUT2D eigenvalue weighted by Crippen LogP contribution is -2.42. The number of nitrogens with one attached hydrogen (secondary N) is 1. The van der Waals surface area contributed by atoms with Crippen molar-refractivity contribution in [3.8, 4) is 0 Å². The molecule has 2 aliphatic rings. The van der Waals surface area contributed by atoms with Crippen molar-refractivity contribution in [3.05, 3.63) is 29.8 Å². The summed E-state index contributed by atoms with van der Waals surface area (Å²) in [4.78, 5) is 2.53. The van der Waals surface area contributed by atoms with Crippen LogP contribution >= 0.6 is 0 Å². The Morgan fingerprint density at radius 1 is 1.19 bits per heavy atom. The van der Waals surface area contributed by atoms with Crippen LogP contribution in [-0.2, 0) is 11.2 Å². The molecule has 1 fully saturated rings. The first kappa shape index (κ1) is 14.9. The summed E-state index contributed by atoms with van der Waals surface area (Å²) >= 11 is 0. The second-order valence-corrected chi connectivity index (χ2v) is 6.60. The number of anilines is 1. The Bertz CT molecular complexity index is 452. The molecule has 2 atom stereocenters. The predicted octanol–water partition coefficient (Wildman–Crippen LogP) is 2.98. The molecule has 3 rings (SSSR count). The molecule has 1 N–H and O–H groups in total. The molecule has 2 aliphatic heterocycles. The average Bonchev–Trinajstić information content (AvgIpc) is 2.86. The van der Waals surface area contributed by atoms with Crippen molar-refractivity contribution in [2.45, 2.75) is 57.8 Å². The number of benzene rings is 1. The van der Waals surface area contributed by atoms with Gasteiger partial charge in [0.15, 0.2) is 0 Å². The molecule has 0 radical (unpaired) electrons. The molecular weight excluding hydrogens is 260 g/mol. The fourth-order valence-corrected chi connectivity index (χ4v) is 3.79. The van der Waals surface area contributed by atoms with Crippen LogP contribution in [0.15, 0.2) is 24.3 Å². The molecule has 1 saturated heterocycles. The van der Waals surface area contributed by atoms with Crippen LogP contribution in [0.1, 0.15) is 38.7 Å². The second kappa shape index (κ2) is 6.80. The lowest BCUT2D eigenvalue weighted by molar-refractivity contribution is -0.0419. The van der Waals surface area contributed by atoms with Gasteiger partial charge in [-0.2, -0.15) is 0 Å². The molecule has 116 valence electrons. The smallest absolute Gasteiger partial charge is 0.0565 e. The van der Waals surface area contributed by atoms with E-state index in [-0.39, 0.29) is 0 Å². The summed E-state index contributed by atoms with van der Waals surface area (Å²) in [5, 5.41) is 3.72. The average molecular weight is 288 g/mol. The van der Waals surface area contributed by atoms with Crippen molar-refractivity contribution in [1.29, 1.82) is 0 Å². The van der Waals surface area contributed by atoms with E-state index in [0.717, 1.165) is 19.4 Å². The van der Waals surface area contributed by atoms with Gasteiger partial charge in [0, 0.05) is 24.8 Å². The highest BCUT2D eigenvalue weighted by Gasteiger charge is 2.24. The third-order valence-corrected chi connectivity index (χ3v) is 4.72. The summed E-state index contributed by atoms with van der Waals surface area (Å²) in [6.45, 7) is 7.84. The Hall–Kier alpha value is -1.06. The van der Waals surface area contributed by atoms with Crippen LogP contribution in [0.4, 0.5) is 5.69 Å². The largest absolute Gasteiger partial charge is 0.375 e. The van der Waals surface area contributed by atoms with Gasteiger partial charge in [0.2, 0.25) is 0 Å². The summed E-state index contributed by atoms with van der Waals surface area (Å²) in [5.41, 5.74) is 2.96. The highest BCUT2D eigenvalue weighted by molar-refractivity contribution is 5.57. The first-order valence-electron chi connectivity index (χ1n) is 8.44. The highest BCUT2D eigenvalue weighted by Crippen LogP contribution is 2.27. The molecule has 21 heavy (non-hydrogen) atoms. The number of rotatable bonds is 5. The molecule has 2 heterocycles. The van der Waals surface area contributed by atoms with Crippen LogP contribution in [0.2, 0.25) is 0 Å². The molecule has 0 spiro atoms. The van der Waals surface area contributed by atoms with Crippen molar-refractivity contribution in [2.24, 2.45) is 0 Å². The molecule has 0 saturated carbocycles. The number of hydrogen-bond donors (Lipinski definition) is 1. The Morgan fingerprint density at radius 3 is 2.76 bits per heavy atom. The summed E-state index contributed by atoms with van der Waals surface area (Å²) in [7, 11) is 0. The number of nitrogens with zero attached hydrogens (tertiary/aromatic N) is 1. The van der Waals surface area contributed by atoms with Crippen molar-refractivity contribution >= 4 is 5.69 Å². The van der Waals surface area contributed by atoms with Crippen LogP contribution in [0, 0.1) is 0 Å². The van der Waals surface area contributed by atoms with Crippen LogP contribution < -0.4 is 10.2 Å². The molecule has 2 unspecified atom stereocenters. The molecule has 3 nitrogen and oxygen atoms in total. The normalized spacial score (nSPS) is 28.7. The maximum absolute atomic E-state index is 5.79. The number of fused-ring (bicyclic) bond motifs is 1. The SMILES string of the molecule is CC1CC(NCCCN2CCc3ccccc32)CC(C)O1. The second-order valence-electron chi connectivity index (χ2n) is 6.60. The molecule has 1 aromatic rings. The van der Waals surface area contributed by atoms with Gasteiger partial charge in [0.1, 0.15) is 0 Å². The van der Waals surface area contributed by atoms with Gasteiger partial charge >= 0.3 is 0 Å². The third kappa shape index (κ3) is 3.78. The standard InChI is InChI=1S/C18H28N2O/c1-14-12-17(13-15(2)21-14)19-9-5-10-20-11-8-16-6-3-4-7-18(16)20/h3-4,6-7,14-15,17,19H,5,8-13H2,1-2H3. The van der Waals surface area contributed by atoms with Gasteiger partial charge in [-0.15, -0.1) is 0 Å². The molecule has 0 bridgehead atoms. The van der Waals surface area contributed by atoms with Crippen molar-refractivity contribution in [1.82, 2.24) is 5.32 Å². The van der Waals surface area contributed by atoms with Gasteiger partial charge in [-0.3, -0.25) is 0 Å². The summed E-state index contributed by atoms with van der Waals surface area (Å²) in [6, 6.07) is 9.46. The zero-order valence-electron chi connectivity index (χ0n) is 13.3. The van der Waals surface area contributed by atoms with Crippen molar-refractivity contribution < 1.29 is 4.74 Å². The van der Waals surface area contributed by atoms with E-state index in [9.17, 15) is 0 Å². The van der Waals surface area contributed by atoms with Gasteiger partial charge in [0.05, 0.1) is 12.2 Å². The van der Waals surface area contributed by atoms with Gasteiger partial charge in [-0.1, -0.05) is 18.2 Å². The molecule has 0 aliphatic carbocycles. The monoisotopic (exact) mass is 288 g/mol. The van der Waals surface area contributed by atoms with Crippen LogP contribution in [0.3, 0.4) is 0 Å². The lowest BCUT2D eigenvalue weighted by atomic mass is 10.00.